The average Bonchev–Trinajstić information content (AvgIpc) is 3.47. The number of carbonyl (C=O) groups is 4. The van der Waals surface area contributed by atoms with Crippen molar-refractivity contribution in [1.29, 1.82) is 0 Å². The molecule has 5 amide bonds. The molecule has 2 saturated heterocycles. The van der Waals surface area contributed by atoms with Gasteiger partial charge in [-0.2, -0.15) is 0 Å². The number of anilines is 1. The molecule has 1 aliphatic carbocycles. The Kier molecular flexibility index (Phi) is 6.12. The minimum Gasteiger partial charge on any atom is -0.427 e. The van der Waals surface area contributed by atoms with E-state index >= 15 is 0 Å². The van der Waals surface area contributed by atoms with E-state index in [0.717, 1.165) is 22.6 Å². The van der Waals surface area contributed by atoms with Crippen LogP contribution >= 0.6 is 0 Å². The van der Waals surface area contributed by atoms with Crippen LogP contribution in [-0.4, -0.2) is 52.9 Å². The summed E-state index contributed by atoms with van der Waals surface area (Å²) in [6.07, 6.45) is 0.867. The molecule has 200 valence electrons. The van der Waals surface area contributed by atoms with Gasteiger partial charge >= 0.3 is 12.1 Å². The highest BCUT2D eigenvalue weighted by molar-refractivity contribution is 6.06. The summed E-state index contributed by atoms with van der Waals surface area (Å²) in [5.74, 6) is -3.10. The maximum atomic E-state index is 14.0. The molecule has 5 rings (SSSR count). The highest BCUT2D eigenvalue weighted by Gasteiger charge is 2.59. The quantitative estimate of drug-likeness (QED) is 0.627. The number of nitrogens with zero attached hydrogens (tertiary/aromatic N) is 2. The van der Waals surface area contributed by atoms with Crippen molar-refractivity contribution in [2.45, 2.75) is 56.7 Å². The minimum absolute atomic E-state index is 0.216. The number of ether oxygens (including phenoxy) is 1. The number of hydrogen-bond acceptors (Lipinski definition) is 5. The van der Waals surface area contributed by atoms with Gasteiger partial charge in [0.1, 0.15) is 6.54 Å². The molecule has 1 unspecified atom stereocenters. The Morgan fingerprint density at radius 2 is 1.84 bits per heavy atom. The van der Waals surface area contributed by atoms with Crippen LogP contribution in [0.4, 0.5) is 24.1 Å². The zero-order valence-corrected chi connectivity index (χ0v) is 21.3. The molecule has 2 heterocycles. The van der Waals surface area contributed by atoms with E-state index in [1.807, 2.05) is 13.8 Å². The Bertz CT molecular complexity index is 1360. The molecule has 11 heteroatoms. The first-order valence-corrected chi connectivity index (χ1v) is 12.4. The predicted molar refractivity (Wildman–Crippen MR) is 132 cm³/mol. The Balaban J connectivity index is 1.38. The first-order chi connectivity index (χ1) is 18.0. The SMILES string of the molecule is CNC(=O)Nc1ccc2c(c1)CC[C@@]21OC(=O)N(CC(=O)N2C(c3ccc(F)c(F)c3)CCC2(C)C)C1=O. The van der Waals surface area contributed by atoms with E-state index in [1.165, 1.54) is 13.1 Å². The molecular formula is C27H28F2N4O5. The van der Waals surface area contributed by atoms with Crippen LogP contribution in [0.5, 0.6) is 0 Å². The van der Waals surface area contributed by atoms with Crippen LogP contribution in [0.25, 0.3) is 0 Å². The number of aryl methyl sites for hydroxylation is 1. The highest BCUT2D eigenvalue weighted by Crippen LogP contribution is 2.47. The molecule has 2 atom stereocenters. The molecular weight excluding hydrogens is 498 g/mol. The number of carbonyl (C=O) groups excluding carboxylic acids is 4. The number of likely N-dealkylation sites (tertiary alicyclic amines) is 1. The fourth-order valence-electron chi connectivity index (χ4n) is 5.84. The number of hydrogen-bond donors (Lipinski definition) is 2. The lowest BCUT2D eigenvalue weighted by Gasteiger charge is -2.37. The monoisotopic (exact) mass is 526 g/mol. The van der Waals surface area contributed by atoms with Gasteiger partial charge in [-0.3, -0.25) is 9.59 Å². The van der Waals surface area contributed by atoms with Crippen molar-refractivity contribution < 1.29 is 32.7 Å². The first-order valence-electron chi connectivity index (χ1n) is 12.4. The second kappa shape index (κ2) is 9.07. The molecule has 0 aromatic heterocycles. The molecule has 38 heavy (non-hydrogen) atoms. The molecule has 9 nitrogen and oxygen atoms in total. The van der Waals surface area contributed by atoms with Crippen LogP contribution in [0.2, 0.25) is 0 Å². The van der Waals surface area contributed by atoms with Gasteiger partial charge < -0.3 is 20.3 Å². The smallest absolute Gasteiger partial charge is 0.418 e. The number of amides is 5. The summed E-state index contributed by atoms with van der Waals surface area (Å²) in [4.78, 5) is 54.1. The molecule has 2 aromatic rings. The van der Waals surface area contributed by atoms with Crippen LogP contribution in [0.1, 0.15) is 55.8 Å². The third-order valence-electron chi connectivity index (χ3n) is 7.73. The van der Waals surface area contributed by atoms with Gasteiger partial charge in [0.15, 0.2) is 11.6 Å². The second-order valence-corrected chi connectivity index (χ2v) is 10.5. The van der Waals surface area contributed by atoms with Crippen LogP contribution < -0.4 is 10.6 Å². The van der Waals surface area contributed by atoms with Crippen LogP contribution in [0, 0.1) is 11.6 Å². The molecule has 2 aromatic carbocycles. The number of rotatable bonds is 4. The van der Waals surface area contributed by atoms with Crippen LogP contribution in [-0.2, 0) is 26.3 Å². The normalized spacial score (nSPS) is 23.6. The number of halogens is 2. The fourth-order valence-corrected chi connectivity index (χ4v) is 5.84. The summed E-state index contributed by atoms with van der Waals surface area (Å²) < 4.78 is 33.1. The van der Waals surface area contributed by atoms with Gasteiger partial charge in [-0.25, -0.2) is 23.3 Å². The van der Waals surface area contributed by atoms with Gasteiger partial charge in [-0.05, 0) is 68.5 Å². The van der Waals surface area contributed by atoms with Gasteiger partial charge in [-0.1, -0.05) is 12.1 Å². The molecule has 1 spiro atoms. The van der Waals surface area contributed by atoms with Crippen molar-refractivity contribution in [3.63, 3.8) is 0 Å². The molecule has 0 bridgehead atoms. The number of benzene rings is 2. The number of imide groups is 1. The molecule has 2 aliphatic heterocycles. The Morgan fingerprint density at radius 3 is 2.55 bits per heavy atom. The van der Waals surface area contributed by atoms with E-state index in [1.54, 1.807) is 23.1 Å². The fraction of sp³-hybridized carbons (Fsp3) is 0.407. The van der Waals surface area contributed by atoms with Gasteiger partial charge in [0.05, 0.1) is 6.04 Å². The van der Waals surface area contributed by atoms with Crippen LogP contribution in [0.3, 0.4) is 0 Å². The summed E-state index contributed by atoms with van der Waals surface area (Å²) in [7, 11) is 1.49. The lowest BCUT2D eigenvalue weighted by molar-refractivity contribution is -0.144. The van der Waals surface area contributed by atoms with Crippen molar-refractivity contribution in [3.05, 3.63) is 64.7 Å². The van der Waals surface area contributed by atoms with Crippen molar-refractivity contribution in [2.75, 3.05) is 18.9 Å². The number of nitrogens with one attached hydrogen (secondary N) is 2. The van der Waals surface area contributed by atoms with Crippen molar-refractivity contribution >= 4 is 29.6 Å². The number of fused-ring (bicyclic) bond motifs is 2. The maximum Gasteiger partial charge on any atom is 0.418 e. The van der Waals surface area contributed by atoms with E-state index in [9.17, 15) is 28.0 Å². The van der Waals surface area contributed by atoms with E-state index < -0.39 is 59.3 Å². The zero-order chi connectivity index (χ0) is 27.4. The Hall–Kier alpha value is -4.02. The first kappa shape index (κ1) is 25.6. The molecule has 3 aliphatic rings. The number of urea groups is 1. The minimum atomic E-state index is -1.53. The maximum absolute atomic E-state index is 14.0. The zero-order valence-electron chi connectivity index (χ0n) is 21.3. The third-order valence-corrected chi connectivity index (χ3v) is 7.73. The summed E-state index contributed by atoms with van der Waals surface area (Å²) >= 11 is 0. The second-order valence-electron chi connectivity index (χ2n) is 10.5. The van der Waals surface area contributed by atoms with Gasteiger partial charge in [0.25, 0.3) is 5.91 Å². The van der Waals surface area contributed by atoms with E-state index in [4.69, 9.17) is 4.74 Å². The van der Waals surface area contributed by atoms with E-state index in [2.05, 4.69) is 10.6 Å². The standard InChI is InChI=1S/C27H28F2N4O5/c1-26(2)10-9-21(16-4-7-19(28)20(29)13-16)33(26)22(34)14-32-23(35)27(38-25(32)37)11-8-15-12-17(5-6-18(15)27)31-24(36)30-3/h4-7,12-13,21H,8-11,14H2,1-3H3,(H2,30,31,36)/t21?,27-/m1/s1. The molecule has 0 radical (unpaired) electrons. The van der Waals surface area contributed by atoms with Crippen molar-refractivity contribution in [1.82, 2.24) is 15.1 Å². The predicted octanol–water partition coefficient (Wildman–Crippen LogP) is 3.98. The summed E-state index contributed by atoms with van der Waals surface area (Å²) in [6, 6.07) is 7.62. The summed E-state index contributed by atoms with van der Waals surface area (Å²) in [6.45, 7) is 3.18. The van der Waals surface area contributed by atoms with Gasteiger partial charge in [0.2, 0.25) is 11.5 Å². The van der Waals surface area contributed by atoms with Gasteiger partial charge in [0, 0.05) is 30.3 Å². The van der Waals surface area contributed by atoms with Crippen LogP contribution in [0.15, 0.2) is 36.4 Å². The Labute approximate surface area is 218 Å². The van der Waals surface area contributed by atoms with Crippen molar-refractivity contribution in [3.8, 4) is 0 Å². The third kappa shape index (κ3) is 4.06. The lowest BCUT2D eigenvalue weighted by atomic mass is 9.94. The summed E-state index contributed by atoms with van der Waals surface area (Å²) in [5.41, 5.74) is 0.0920. The molecule has 2 N–H and O–H groups in total. The molecule has 0 saturated carbocycles. The Morgan fingerprint density at radius 1 is 1.08 bits per heavy atom. The largest absolute Gasteiger partial charge is 0.427 e. The van der Waals surface area contributed by atoms with E-state index in [0.29, 0.717) is 36.1 Å². The molecule has 2 fully saturated rings. The van der Waals surface area contributed by atoms with Crippen molar-refractivity contribution in [2.24, 2.45) is 0 Å². The van der Waals surface area contributed by atoms with Gasteiger partial charge in [-0.15, -0.1) is 0 Å². The highest BCUT2D eigenvalue weighted by atomic mass is 19.2. The average molecular weight is 527 g/mol. The summed E-state index contributed by atoms with van der Waals surface area (Å²) in [5, 5.41) is 5.13. The van der Waals surface area contributed by atoms with E-state index in [-0.39, 0.29) is 6.42 Å². The topological polar surface area (TPSA) is 108 Å². The lowest BCUT2D eigenvalue weighted by Crippen LogP contribution is -2.50.